The quantitative estimate of drug-likeness (QED) is 0.115. The molecule has 0 radical (unpaired) electrons. The highest BCUT2D eigenvalue weighted by Crippen LogP contribution is 2.32. The third kappa shape index (κ3) is 10.9. The summed E-state index contributed by atoms with van der Waals surface area (Å²) in [6, 6.07) is 7.11. The summed E-state index contributed by atoms with van der Waals surface area (Å²) >= 11 is 5.95. The number of ketones is 1. The molecule has 5 nitrogen and oxygen atoms in total. The fourth-order valence-corrected chi connectivity index (χ4v) is 5.55. The number of hydrogen-bond acceptors (Lipinski definition) is 5. The van der Waals surface area contributed by atoms with Crippen LogP contribution in [0, 0.1) is 11.8 Å². The number of carbonyl (C=O) groups is 2. The van der Waals surface area contributed by atoms with Crippen LogP contribution in [0.15, 0.2) is 71.2 Å². The number of unbranched alkanes of at least 4 members (excludes halogenated alkanes) is 3. The molecular weight excluding hydrogens is 508 g/mol. The highest BCUT2D eigenvalue weighted by molar-refractivity contribution is 7.89. The molecule has 1 aromatic rings. The molecule has 4 unspecified atom stereocenters. The Bertz CT molecular complexity index is 1040. The van der Waals surface area contributed by atoms with Gasteiger partial charge in [0.05, 0.1) is 34.7 Å². The molecule has 2 rings (SSSR count). The smallest absolute Gasteiger partial charge is 0.330 e. The van der Waals surface area contributed by atoms with E-state index in [9.17, 15) is 18.9 Å². The van der Waals surface area contributed by atoms with E-state index in [-0.39, 0.29) is 17.5 Å². The third-order valence-electron chi connectivity index (χ3n) is 6.26. The fraction of sp³-hybridized carbons (Fsp3) is 0.467. The Labute approximate surface area is 228 Å². The molecule has 0 heterocycles. The highest BCUT2D eigenvalue weighted by Gasteiger charge is 2.31. The summed E-state index contributed by atoms with van der Waals surface area (Å²) in [4.78, 5) is 24.8. The molecule has 0 spiro atoms. The van der Waals surface area contributed by atoms with Crippen molar-refractivity contribution < 1.29 is 23.6 Å². The summed E-state index contributed by atoms with van der Waals surface area (Å²) in [6.07, 6.45) is 15.9. The second-order valence-electron chi connectivity index (χ2n) is 9.45. The number of Topliss-reactive ketones (excluding diaryl/α,β-unsaturated/α-hetero) is 1. The van der Waals surface area contributed by atoms with E-state index in [0.29, 0.717) is 40.7 Å². The van der Waals surface area contributed by atoms with E-state index in [4.69, 9.17) is 11.6 Å². The first-order valence-corrected chi connectivity index (χ1v) is 14.6. The minimum atomic E-state index is -1.50. The van der Waals surface area contributed by atoms with Gasteiger partial charge in [0.25, 0.3) is 0 Å². The first-order valence-electron chi connectivity index (χ1n) is 12.9. The maximum Gasteiger partial charge on any atom is 0.330 e. The average molecular weight is 547 g/mol. The molecule has 4 atom stereocenters. The van der Waals surface area contributed by atoms with Gasteiger partial charge in [-0.05, 0) is 49.3 Å². The lowest BCUT2D eigenvalue weighted by Gasteiger charge is -2.14. The Kier molecular flexibility index (Phi) is 13.8. The van der Waals surface area contributed by atoms with Gasteiger partial charge in [-0.3, -0.25) is 9.00 Å². The Morgan fingerprint density at radius 3 is 2.62 bits per heavy atom. The van der Waals surface area contributed by atoms with E-state index < -0.39 is 22.9 Å². The van der Waals surface area contributed by atoms with Gasteiger partial charge in [-0.15, -0.1) is 0 Å². The van der Waals surface area contributed by atoms with Crippen molar-refractivity contribution in [2.24, 2.45) is 11.8 Å². The molecule has 7 heteroatoms. The van der Waals surface area contributed by atoms with Crippen LogP contribution in [0.4, 0.5) is 0 Å². The number of carbonyl (C=O) groups excluding carboxylic acids is 2. The van der Waals surface area contributed by atoms with Gasteiger partial charge in [0.15, 0.2) is 5.78 Å². The summed E-state index contributed by atoms with van der Waals surface area (Å²) in [5.41, 5.74) is 1.42. The number of methoxy groups -OCH3 is 1. The van der Waals surface area contributed by atoms with E-state index in [1.54, 1.807) is 30.4 Å². The number of esters is 1. The lowest BCUT2D eigenvalue weighted by Crippen LogP contribution is -2.10. The summed E-state index contributed by atoms with van der Waals surface area (Å²) in [6.45, 7) is 4.30. The van der Waals surface area contributed by atoms with E-state index in [1.807, 2.05) is 24.3 Å². The Balaban J connectivity index is 2.13. The Morgan fingerprint density at radius 2 is 1.95 bits per heavy atom. The standard InChI is InChI=1S/C30H39ClO5S/c1-4-5-10-22(2)19-26(32)18-15-24-20-28(37(35)21-23-13-16-25(31)17-14-23)30(34)27(24)11-8-6-7-9-12-29(33)36-3/h9,11-18,20,22,24,26,32H,4-8,10,19,21H2,1-3H3. The molecular formula is C30H39ClO5S. The van der Waals surface area contributed by atoms with Crippen LogP contribution in [-0.2, 0) is 30.9 Å². The zero-order chi connectivity index (χ0) is 27.2. The number of benzene rings is 1. The zero-order valence-corrected chi connectivity index (χ0v) is 23.6. The van der Waals surface area contributed by atoms with Crippen LogP contribution in [0.1, 0.15) is 64.4 Å². The summed E-state index contributed by atoms with van der Waals surface area (Å²) in [7, 11) is -0.166. The van der Waals surface area contributed by atoms with Crippen LogP contribution in [0.2, 0.25) is 5.02 Å². The van der Waals surface area contributed by atoms with Crippen LogP contribution >= 0.6 is 11.6 Å². The van der Waals surface area contributed by atoms with Crippen LogP contribution in [0.25, 0.3) is 0 Å². The van der Waals surface area contributed by atoms with Crippen LogP contribution in [-0.4, -0.2) is 34.3 Å². The van der Waals surface area contributed by atoms with Gasteiger partial charge < -0.3 is 9.84 Å². The van der Waals surface area contributed by atoms with Gasteiger partial charge in [0.2, 0.25) is 0 Å². The van der Waals surface area contributed by atoms with Crippen molar-refractivity contribution >= 4 is 34.2 Å². The van der Waals surface area contributed by atoms with Gasteiger partial charge in [0.1, 0.15) is 0 Å². The number of rotatable bonds is 15. The first-order chi connectivity index (χ1) is 17.7. The van der Waals surface area contributed by atoms with Gasteiger partial charge in [0, 0.05) is 22.6 Å². The lowest BCUT2D eigenvalue weighted by molar-refractivity contribution is -0.134. The molecule has 0 fully saturated rings. The maximum atomic E-state index is 13.3. The van der Waals surface area contributed by atoms with Crippen molar-refractivity contribution in [1.29, 1.82) is 0 Å². The highest BCUT2D eigenvalue weighted by atomic mass is 35.5. The van der Waals surface area contributed by atoms with Gasteiger partial charge in [-0.25, -0.2) is 4.79 Å². The molecule has 0 aromatic heterocycles. The van der Waals surface area contributed by atoms with Crippen molar-refractivity contribution in [3.05, 3.63) is 81.8 Å². The summed E-state index contributed by atoms with van der Waals surface area (Å²) in [5.74, 6) is -0.292. The van der Waals surface area contributed by atoms with Gasteiger partial charge in [-0.2, -0.15) is 0 Å². The third-order valence-corrected chi connectivity index (χ3v) is 7.92. The minimum Gasteiger partial charge on any atom is -0.466 e. The van der Waals surface area contributed by atoms with Crippen molar-refractivity contribution in [3.63, 3.8) is 0 Å². The molecule has 0 saturated heterocycles. The molecule has 0 aliphatic heterocycles. The van der Waals surface area contributed by atoms with E-state index in [1.165, 1.54) is 13.2 Å². The number of allylic oxidation sites excluding steroid dienone is 6. The fourth-order valence-electron chi connectivity index (χ4n) is 4.15. The molecule has 1 aliphatic rings. The average Bonchev–Trinajstić information content (AvgIpc) is 3.19. The molecule has 0 bridgehead atoms. The van der Waals surface area contributed by atoms with Crippen molar-refractivity contribution in [3.8, 4) is 0 Å². The summed E-state index contributed by atoms with van der Waals surface area (Å²) in [5, 5.41) is 11.1. The number of hydrogen-bond donors (Lipinski definition) is 1. The number of aliphatic hydroxyl groups is 1. The Hall–Kier alpha value is -2.28. The van der Waals surface area contributed by atoms with Crippen molar-refractivity contribution in [2.45, 2.75) is 70.7 Å². The van der Waals surface area contributed by atoms with E-state index in [2.05, 4.69) is 18.6 Å². The number of aliphatic hydroxyl groups excluding tert-OH is 1. The summed E-state index contributed by atoms with van der Waals surface area (Å²) < 4.78 is 17.7. The molecule has 0 saturated carbocycles. The Morgan fingerprint density at radius 1 is 1.22 bits per heavy atom. The topological polar surface area (TPSA) is 80.7 Å². The van der Waals surface area contributed by atoms with Crippen LogP contribution in [0.5, 0.6) is 0 Å². The molecule has 0 amide bonds. The predicted octanol–water partition coefficient (Wildman–Crippen LogP) is 6.63. The lowest BCUT2D eigenvalue weighted by atomic mass is 9.95. The van der Waals surface area contributed by atoms with Crippen molar-refractivity contribution in [1.82, 2.24) is 0 Å². The monoisotopic (exact) mass is 546 g/mol. The molecule has 1 aliphatic carbocycles. The molecule has 202 valence electrons. The SMILES string of the molecule is CCCCC(C)CC(O)C=CC1C=C(S(=O)Cc2ccc(Cl)cc2)C(=O)C1=CCCCC=CC(=O)OC. The second kappa shape index (κ2) is 16.5. The zero-order valence-electron chi connectivity index (χ0n) is 22.0. The van der Waals surface area contributed by atoms with Gasteiger partial charge in [-0.1, -0.05) is 87.2 Å². The molecule has 37 heavy (non-hydrogen) atoms. The van der Waals surface area contributed by atoms with E-state index in [0.717, 1.165) is 31.2 Å². The second-order valence-corrected chi connectivity index (χ2v) is 11.3. The normalized spacial score (nSPS) is 19.5. The van der Waals surface area contributed by atoms with Crippen molar-refractivity contribution in [2.75, 3.05) is 7.11 Å². The predicted molar refractivity (Wildman–Crippen MR) is 151 cm³/mol. The number of ether oxygens (including phenoxy) is 1. The van der Waals surface area contributed by atoms with Crippen LogP contribution in [0.3, 0.4) is 0 Å². The van der Waals surface area contributed by atoms with E-state index >= 15 is 0 Å². The largest absolute Gasteiger partial charge is 0.466 e. The maximum absolute atomic E-state index is 13.3. The molecule has 1 N–H and O–H groups in total. The first kappa shape index (κ1) is 30.9. The van der Waals surface area contributed by atoms with Crippen LogP contribution < -0.4 is 0 Å². The minimum absolute atomic E-state index is 0.210. The molecule has 1 aromatic carbocycles. The number of halogens is 1. The van der Waals surface area contributed by atoms with Gasteiger partial charge >= 0.3 is 5.97 Å².